The summed E-state index contributed by atoms with van der Waals surface area (Å²) < 4.78 is 0. The number of carboxylic acids is 1. The van der Waals surface area contributed by atoms with E-state index >= 15 is 0 Å². The number of β-lactam (4-membered cyclic amide) rings is 1. The van der Waals surface area contributed by atoms with Gasteiger partial charge in [-0.05, 0) is 17.7 Å². The van der Waals surface area contributed by atoms with Crippen LogP contribution in [0.5, 0.6) is 0 Å². The number of thioether (sulfide) groups is 1. The minimum absolute atomic E-state index is 0. The molecular weight excluding hydrogens is 389 g/mol. The van der Waals surface area contributed by atoms with Crippen LogP contribution in [-0.2, 0) is 9.59 Å². The number of nitrogens with two attached hydrogens (primary N) is 2. The van der Waals surface area contributed by atoms with E-state index in [2.05, 4.69) is 0 Å². The summed E-state index contributed by atoms with van der Waals surface area (Å²) in [5.41, 5.74) is 8.50. The molecule has 0 aliphatic carbocycles. The van der Waals surface area contributed by atoms with Gasteiger partial charge in [0, 0.05) is 18.5 Å². The zero-order valence-corrected chi connectivity index (χ0v) is 15.3. The van der Waals surface area contributed by atoms with E-state index in [-0.39, 0.29) is 41.8 Å². The molecule has 4 aliphatic rings. The van der Waals surface area contributed by atoms with Gasteiger partial charge in [0.05, 0.1) is 6.20 Å². The van der Waals surface area contributed by atoms with Crippen LogP contribution in [-0.4, -0.2) is 55.5 Å². The van der Waals surface area contributed by atoms with Crippen molar-refractivity contribution in [3.8, 4) is 0 Å². The molecule has 0 aromatic carbocycles. The fraction of sp³-hybridized carbons (Fsp3) is 0.286. The van der Waals surface area contributed by atoms with Crippen LogP contribution in [0.2, 0.25) is 0 Å². The van der Waals surface area contributed by atoms with Crippen LogP contribution in [0.25, 0.3) is 0 Å². The third-order valence-corrected chi connectivity index (χ3v) is 5.58. The number of carboxylic acid groups (broad SMARTS) is 1. The Morgan fingerprint density at radius 3 is 2.92 bits per heavy atom. The number of nitrogens with zero attached hydrogens (tertiary/aromatic N) is 3. The molecule has 0 saturated carbocycles. The summed E-state index contributed by atoms with van der Waals surface area (Å²) in [5, 5.41) is 11.3. The van der Waals surface area contributed by atoms with Crippen molar-refractivity contribution in [2.24, 2.45) is 5.73 Å². The van der Waals surface area contributed by atoms with Crippen molar-refractivity contribution < 1.29 is 32.5 Å². The van der Waals surface area contributed by atoms with Gasteiger partial charge in [-0.25, -0.2) is 10.2 Å². The van der Waals surface area contributed by atoms with Gasteiger partial charge in [0.1, 0.15) is 23.3 Å². The number of hydrogen-bond donors (Lipinski definition) is 3. The molecule has 2 atom stereocenters. The molecule has 1 amide bonds. The minimum atomic E-state index is -1.07. The van der Waals surface area contributed by atoms with Gasteiger partial charge in [0.2, 0.25) is 5.91 Å². The highest BCUT2D eigenvalue weighted by atomic mass is 35.5. The number of rotatable bonds is 3. The highest BCUT2D eigenvalue weighted by molar-refractivity contribution is 8.00. The fourth-order valence-electron chi connectivity index (χ4n) is 3.09. The largest absolute Gasteiger partial charge is 1.00 e. The Bertz CT molecular complexity index is 723. The Morgan fingerprint density at radius 2 is 2.20 bits per heavy atom. The Balaban J connectivity index is 0.00000113. The normalized spacial score (nSPS) is 26.4. The second-order valence-electron chi connectivity index (χ2n) is 5.59. The second kappa shape index (κ2) is 7.30. The first kappa shape index (κ1) is 19.7. The summed E-state index contributed by atoms with van der Waals surface area (Å²) in [6, 6.07) is -0.598. The summed E-state index contributed by atoms with van der Waals surface area (Å²) in [5.74, 6) is 0.128. The molecule has 0 aromatic heterocycles. The highest BCUT2D eigenvalue weighted by Crippen LogP contribution is 2.40. The lowest BCUT2D eigenvalue weighted by molar-refractivity contribution is -0.730. The van der Waals surface area contributed by atoms with E-state index in [0.717, 1.165) is 11.4 Å². The summed E-state index contributed by atoms with van der Waals surface area (Å²) in [7, 11) is 0. The van der Waals surface area contributed by atoms with Crippen molar-refractivity contribution in [1.82, 2.24) is 14.8 Å². The first-order valence-electron chi connectivity index (χ1n) is 7.18. The monoisotopic (exact) mass is 405 g/mol. The van der Waals surface area contributed by atoms with Gasteiger partial charge in [-0.15, -0.1) is 24.2 Å². The van der Waals surface area contributed by atoms with Crippen LogP contribution in [0.3, 0.4) is 0 Å². The number of allylic oxidation sites excluding steroid dienone is 2. The lowest BCUT2D eigenvalue weighted by Crippen LogP contribution is -3.00. The van der Waals surface area contributed by atoms with Crippen LogP contribution in [0.4, 0.5) is 0 Å². The average Bonchev–Trinajstić information content (AvgIpc) is 2.96. The first-order valence-corrected chi connectivity index (χ1v) is 8.23. The zero-order chi connectivity index (χ0) is 16.1. The lowest BCUT2D eigenvalue weighted by atomic mass is 10.0. The third-order valence-electron chi connectivity index (χ3n) is 4.22. The molecule has 11 heteroatoms. The predicted octanol–water partition coefficient (Wildman–Crippen LogP) is -4.07. The fourth-order valence-corrected chi connectivity index (χ4v) is 4.37. The van der Waals surface area contributed by atoms with E-state index in [9.17, 15) is 14.7 Å². The minimum Gasteiger partial charge on any atom is -1.00 e. The number of amides is 1. The number of carbonyl (C=O) groups excluding carboxylic acids is 1. The van der Waals surface area contributed by atoms with Crippen LogP contribution < -0.4 is 23.6 Å². The van der Waals surface area contributed by atoms with Crippen LogP contribution in [0, 0.1) is 0 Å². The van der Waals surface area contributed by atoms with E-state index in [4.69, 9.17) is 5.73 Å². The van der Waals surface area contributed by atoms with Crippen molar-refractivity contribution >= 4 is 36.0 Å². The smallest absolute Gasteiger partial charge is 0.352 e. The molecular formula is C14H17Cl2N5O3S. The molecule has 0 bridgehead atoms. The Kier molecular flexibility index (Phi) is 5.75. The molecule has 4 rings (SSSR count). The van der Waals surface area contributed by atoms with Crippen molar-refractivity contribution in [3.63, 3.8) is 0 Å². The number of fused-ring (bicyclic) bond motifs is 2. The van der Waals surface area contributed by atoms with Crippen LogP contribution in [0.1, 0.15) is 0 Å². The van der Waals surface area contributed by atoms with Gasteiger partial charge in [-0.3, -0.25) is 9.69 Å². The first-order chi connectivity index (χ1) is 11.1. The summed E-state index contributed by atoms with van der Waals surface area (Å²) in [6.45, 7) is 0.431. The molecule has 0 radical (unpaired) electrons. The molecule has 8 nitrogen and oxygen atoms in total. The summed E-state index contributed by atoms with van der Waals surface area (Å²) >= 11 is 1.52. The van der Waals surface area contributed by atoms with Crippen LogP contribution >= 0.6 is 24.2 Å². The van der Waals surface area contributed by atoms with Crippen LogP contribution in [0.15, 0.2) is 47.8 Å². The predicted molar refractivity (Wildman–Crippen MR) is 89.8 cm³/mol. The van der Waals surface area contributed by atoms with Crippen molar-refractivity contribution in [3.05, 3.63) is 47.8 Å². The van der Waals surface area contributed by atoms with Gasteiger partial charge in [0.15, 0.2) is 5.82 Å². The molecule has 25 heavy (non-hydrogen) atoms. The second-order valence-corrected chi connectivity index (χ2v) is 6.69. The molecule has 0 spiro atoms. The molecule has 4 heterocycles. The quantitative estimate of drug-likeness (QED) is 0.323. The SMILES string of the molecule is Cl.N[C@@H]1C(=O)N2C(C(=O)O)=C(CN3C=CN4[NH2+]C=CC=C34)CS[C@H]12.[Cl-]. The van der Waals surface area contributed by atoms with Crippen molar-refractivity contribution in [2.75, 3.05) is 12.3 Å². The Hall–Kier alpha value is -1.65. The number of quaternary nitrogens is 1. The Morgan fingerprint density at radius 1 is 1.44 bits per heavy atom. The maximum absolute atomic E-state index is 12.0. The summed E-state index contributed by atoms with van der Waals surface area (Å²) in [6.07, 6.45) is 9.65. The standard InChI is InChI=1S/C14H15N5O3S.2ClH/c15-10-12(20)19-11(14(21)22)8(7-23-13(10)19)6-17-4-5-18-9(17)2-1-3-16-18;;/h1-5,10,13,16H,6-7,15H2,(H,21,22);2*1H/t10-,13-;;/m1../s1. The number of halogens is 2. The molecule has 0 aromatic rings. The van der Waals surface area contributed by atoms with Gasteiger partial charge in [0.25, 0.3) is 0 Å². The van der Waals surface area contributed by atoms with Gasteiger partial charge in [-0.2, -0.15) is 5.01 Å². The topological polar surface area (TPSA) is 107 Å². The van der Waals surface area contributed by atoms with E-state index in [1.807, 2.05) is 46.1 Å². The number of aliphatic carboxylic acids is 1. The molecule has 1 fully saturated rings. The molecule has 1 saturated heterocycles. The van der Waals surface area contributed by atoms with E-state index in [1.165, 1.54) is 16.7 Å². The van der Waals surface area contributed by atoms with Gasteiger partial charge < -0.3 is 28.1 Å². The summed E-state index contributed by atoms with van der Waals surface area (Å²) in [4.78, 5) is 26.9. The average molecular weight is 406 g/mol. The number of carbonyl (C=O) groups is 2. The zero-order valence-electron chi connectivity index (χ0n) is 12.9. The van der Waals surface area contributed by atoms with E-state index < -0.39 is 12.0 Å². The Labute approximate surface area is 160 Å². The van der Waals surface area contributed by atoms with Gasteiger partial charge in [-0.1, -0.05) is 0 Å². The highest BCUT2D eigenvalue weighted by Gasteiger charge is 2.51. The lowest BCUT2D eigenvalue weighted by Gasteiger charge is -2.48. The van der Waals surface area contributed by atoms with E-state index in [1.54, 1.807) is 0 Å². The third kappa shape index (κ3) is 3.02. The molecule has 4 aliphatic heterocycles. The number of hydrogen-bond acceptors (Lipinski definition) is 6. The van der Waals surface area contributed by atoms with Crippen molar-refractivity contribution in [1.29, 1.82) is 0 Å². The van der Waals surface area contributed by atoms with Crippen molar-refractivity contribution in [2.45, 2.75) is 11.4 Å². The molecule has 0 unspecified atom stereocenters. The molecule has 136 valence electrons. The van der Waals surface area contributed by atoms with Gasteiger partial charge >= 0.3 is 5.97 Å². The van der Waals surface area contributed by atoms with E-state index in [0.29, 0.717) is 12.3 Å². The maximum atomic E-state index is 12.0. The molecule has 5 N–H and O–H groups in total. The maximum Gasteiger partial charge on any atom is 0.352 e.